The van der Waals surface area contributed by atoms with Crippen LogP contribution in [0.4, 0.5) is 0 Å². The second-order valence-corrected chi connectivity index (χ2v) is 10.4. The lowest BCUT2D eigenvalue weighted by atomic mass is 9.86. The Labute approximate surface area is 193 Å². The maximum atomic E-state index is 11.9. The number of carbonyl (C=O) groups is 1. The van der Waals surface area contributed by atoms with E-state index in [-0.39, 0.29) is 12.0 Å². The lowest BCUT2D eigenvalue weighted by Gasteiger charge is -2.27. The molecule has 2 aliphatic carbocycles. The fourth-order valence-corrected chi connectivity index (χ4v) is 5.70. The lowest BCUT2D eigenvalue weighted by molar-refractivity contribution is -0.136. The topological polar surface area (TPSA) is 59.4 Å². The number of para-hydroxylation sites is 1. The summed E-state index contributed by atoms with van der Waals surface area (Å²) in [5.74, 6) is 1.16. The molecule has 6 rings (SSSR count). The fourth-order valence-electron chi connectivity index (χ4n) is 5.70. The highest BCUT2D eigenvalue weighted by Gasteiger charge is 2.47. The van der Waals surface area contributed by atoms with E-state index < -0.39 is 5.97 Å². The summed E-state index contributed by atoms with van der Waals surface area (Å²) < 4.78 is 6.61. The number of nitrogens with zero attached hydrogens (tertiary/aromatic N) is 1. The second-order valence-electron chi connectivity index (χ2n) is 10.4. The van der Waals surface area contributed by atoms with Gasteiger partial charge < -0.3 is 9.84 Å². The number of rotatable bonds is 4. The molecule has 1 N–H and O–H groups in total. The van der Waals surface area contributed by atoms with Crippen molar-refractivity contribution in [2.24, 2.45) is 0 Å². The van der Waals surface area contributed by atoms with E-state index in [0.29, 0.717) is 11.8 Å². The number of carboxylic acids is 1. The van der Waals surface area contributed by atoms with Gasteiger partial charge in [-0.05, 0) is 85.5 Å². The molecule has 3 aromatic carbocycles. The highest BCUT2D eigenvalue weighted by Crippen LogP contribution is 2.65. The highest BCUT2D eigenvalue weighted by molar-refractivity contribution is 6.11. The van der Waals surface area contributed by atoms with Crippen LogP contribution >= 0.6 is 0 Å². The van der Waals surface area contributed by atoms with Gasteiger partial charge in [0.05, 0.1) is 11.9 Å². The molecule has 1 fully saturated rings. The summed E-state index contributed by atoms with van der Waals surface area (Å²) in [6.45, 7) is 8.09. The van der Waals surface area contributed by atoms with Crippen molar-refractivity contribution in [1.82, 2.24) is 4.98 Å². The summed E-state index contributed by atoms with van der Waals surface area (Å²) in [6, 6.07) is 16.8. The number of aliphatic carboxylic acids is 1. The van der Waals surface area contributed by atoms with Gasteiger partial charge in [0, 0.05) is 22.2 Å². The highest BCUT2D eigenvalue weighted by atomic mass is 16.5. The first kappa shape index (κ1) is 20.2. The Balaban J connectivity index is 1.78. The molecule has 4 heteroatoms. The lowest BCUT2D eigenvalue weighted by Crippen LogP contribution is -2.23. The van der Waals surface area contributed by atoms with Gasteiger partial charge in [-0.1, -0.05) is 36.4 Å². The summed E-state index contributed by atoms with van der Waals surface area (Å²) >= 11 is 0. The molecule has 0 bridgehead atoms. The molecule has 166 valence electrons. The van der Waals surface area contributed by atoms with Gasteiger partial charge in [-0.2, -0.15) is 0 Å². The van der Waals surface area contributed by atoms with E-state index in [1.807, 2.05) is 31.2 Å². The molecule has 4 nitrogen and oxygen atoms in total. The molecular weight excluding hydrogens is 410 g/mol. The Hall–Kier alpha value is -3.40. The molecule has 0 spiro atoms. The SMILES string of the molecule is Cc1nc2ccccc2c(-c2c(OC(C)(C)C)cc3c4c(cccc24)C2CC32)c1CC(=O)O. The zero-order valence-corrected chi connectivity index (χ0v) is 19.4. The largest absolute Gasteiger partial charge is 0.487 e. The van der Waals surface area contributed by atoms with Crippen molar-refractivity contribution < 1.29 is 14.6 Å². The van der Waals surface area contributed by atoms with Crippen molar-refractivity contribution >= 4 is 27.6 Å². The van der Waals surface area contributed by atoms with Crippen LogP contribution in [0.3, 0.4) is 0 Å². The Kier molecular flexibility index (Phi) is 4.17. The maximum Gasteiger partial charge on any atom is 0.307 e. The van der Waals surface area contributed by atoms with Crippen LogP contribution in [0.25, 0.3) is 32.8 Å². The molecule has 4 aromatic rings. The van der Waals surface area contributed by atoms with Crippen LogP contribution in [0.1, 0.15) is 61.4 Å². The van der Waals surface area contributed by atoms with E-state index in [1.54, 1.807) is 0 Å². The van der Waals surface area contributed by atoms with Crippen molar-refractivity contribution in [3.05, 3.63) is 70.9 Å². The summed E-state index contributed by atoms with van der Waals surface area (Å²) in [4.78, 5) is 16.7. The van der Waals surface area contributed by atoms with Crippen LogP contribution in [0.15, 0.2) is 48.5 Å². The third-order valence-corrected chi connectivity index (χ3v) is 6.97. The Morgan fingerprint density at radius 3 is 2.52 bits per heavy atom. The van der Waals surface area contributed by atoms with Gasteiger partial charge in [0.15, 0.2) is 0 Å². The van der Waals surface area contributed by atoms with E-state index in [1.165, 1.54) is 22.9 Å². The Morgan fingerprint density at radius 1 is 1.03 bits per heavy atom. The molecule has 0 saturated heterocycles. The average Bonchev–Trinajstić information content (AvgIpc) is 3.47. The first-order chi connectivity index (χ1) is 15.7. The molecular formula is C29H27NO3. The summed E-state index contributed by atoms with van der Waals surface area (Å²) in [6.07, 6.45) is 1.13. The minimum absolute atomic E-state index is 0.0812. The van der Waals surface area contributed by atoms with Crippen molar-refractivity contribution in [3.8, 4) is 16.9 Å². The van der Waals surface area contributed by atoms with Crippen LogP contribution < -0.4 is 4.74 Å². The van der Waals surface area contributed by atoms with Gasteiger partial charge >= 0.3 is 5.97 Å². The second kappa shape index (κ2) is 6.80. The van der Waals surface area contributed by atoms with Crippen LogP contribution in [0, 0.1) is 6.92 Å². The van der Waals surface area contributed by atoms with Gasteiger partial charge in [0.2, 0.25) is 0 Å². The number of benzene rings is 3. The minimum atomic E-state index is -0.859. The quantitative estimate of drug-likeness (QED) is 0.383. The van der Waals surface area contributed by atoms with Gasteiger partial charge in [-0.15, -0.1) is 0 Å². The molecule has 2 aliphatic rings. The monoisotopic (exact) mass is 437 g/mol. The molecule has 33 heavy (non-hydrogen) atoms. The number of hydrogen-bond donors (Lipinski definition) is 1. The summed E-state index contributed by atoms with van der Waals surface area (Å²) in [5.41, 5.74) is 6.71. The van der Waals surface area contributed by atoms with E-state index in [2.05, 4.69) is 45.0 Å². The third kappa shape index (κ3) is 3.12. The van der Waals surface area contributed by atoms with Crippen LogP contribution in [0.5, 0.6) is 5.75 Å². The number of ether oxygens (including phenoxy) is 1. The molecule has 1 aromatic heterocycles. The standard InChI is InChI=1S/C29H27NO3/c1-15-19(14-25(31)32)27(17-8-5-6-11-23(17)30-15)28-18-10-7-9-16-20-12-21(20)22(26(16)18)13-24(28)33-29(2,3)4/h5-11,13,20-21H,12,14H2,1-4H3,(H,31,32). The van der Waals surface area contributed by atoms with E-state index in [0.717, 1.165) is 44.4 Å². The van der Waals surface area contributed by atoms with E-state index in [4.69, 9.17) is 9.72 Å². The molecule has 1 heterocycles. The van der Waals surface area contributed by atoms with Crippen LogP contribution in [0.2, 0.25) is 0 Å². The smallest absolute Gasteiger partial charge is 0.307 e. The number of carboxylic acid groups (broad SMARTS) is 1. The predicted octanol–water partition coefficient (Wildman–Crippen LogP) is 6.75. The number of hydrogen-bond acceptors (Lipinski definition) is 3. The van der Waals surface area contributed by atoms with Crippen molar-refractivity contribution in [3.63, 3.8) is 0 Å². The molecule has 0 aliphatic heterocycles. The minimum Gasteiger partial charge on any atom is -0.487 e. The zero-order chi connectivity index (χ0) is 23.1. The first-order valence-electron chi connectivity index (χ1n) is 11.6. The molecule has 1 saturated carbocycles. The van der Waals surface area contributed by atoms with Gasteiger partial charge in [0.25, 0.3) is 0 Å². The maximum absolute atomic E-state index is 11.9. The molecule has 2 unspecified atom stereocenters. The predicted molar refractivity (Wildman–Crippen MR) is 131 cm³/mol. The van der Waals surface area contributed by atoms with Crippen LogP contribution in [-0.2, 0) is 11.2 Å². The fraction of sp³-hybridized carbons (Fsp3) is 0.310. The Morgan fingerprint density at radius 2 is 1.76 bits per heavy atom. The number of aryl methyl sites for hydroxylation is 1. The number of pyridine rings is 1. The van der Waals surface area contributed by atoms with Gasteiger partial charge in [-0.25, -0.2) is 0 Å². The first-order valence-corrected chi connectivity index (χ1v) is 11.6. The molecule has 0 amide bonds. The Bertz CT molecular complexity index is 1480. The summed E-state index contributed by atoms with van der Waals surface area (Å²) in [7, 11) is 0. The zero-order valence-electron chi connectivity index (χ0n) is 19.4. The average molecular weight is 438 g/mol. The van der Waals surface area contributed by atoms with E-state index in [9.17, 15) is 9.90 Å². The molecule has 2 atom stereocenters. The van der Waals surface area contributed by atoms with Crippen molar-refractivity contribution in [2.45, 2.75) is 58.0 Å². The van der Waals surface area contributed by atoms with Gasteiger partial charge in [0.1, 0.15) is 11.4 Å². The van der Waals surface area contributed by atoms with Crippen molar-refractivity contribution in [1.29, 1.82) is 0 Å². The number of fused-ring (bicyclic) bond motifs is 4. The van der Waals surface area contributed by atoms with Crippen molar-refractivity contribution in [2.75, 3.05) is 0 Å². The van der Waals surface area contributed by atoms with Gasteiger partial charge in [-0.3, -0.25) is 9.78 Å². The van der Waals surface area contributed by atoms with E-state index >= 15 is 0 Å². The normalized spacial score (nSPS) is 18.5. The summed E-state index contributed by atoms with van der Waals surface area (Å²) in [5, 5.41) is 13.2. The molecule has 0 radical (unpaired) electrons. The number of aromatic nitrogens is 1. The third-order valence-electron chi connectivity index (χ3n) is 6.97. The van der Waals surface area contributed by atoms with Crippen LogP contribution in [-0.4, -0.2) is 21.7 Å².